The zero-order chi connectivity index (χ0) is 14.3. The lowest BCUT2D eigenvalue weighted by atomic mass is 10.1. The maximum absolute atomic E-state index is 12.3. The van der Waals surface area contributed by atoms with Gasteiger partial charge in [-0.25, -0.2) is 0 Å². The summed E-state index contributed by atoms with van der Waals surface area (Å²) in [6, 6.07) is 9.66. The molecule has 100 valence electrons. The number of amides is 2. The summed E-state index contributed by atoms with van der Waals surface area (Å²) in [6.45, 7) is 0. The first kappa shape index (κ1) is 13.0. The number of rotatable bonds is 0. The highest BCUT2D eigenvalue weighted by molar-refractivity contribution is 6.37. The Morgan fingerprint density at radius 1 is 0.700 bits per heavy atom. The van der Waals surface area contributed by atoms with Crippen LogP contribution in [0.25, 0.3) is 0 Å². The first-order chi connectivity index (χ1) is 9.58. The molecule has 0 aromatic heterocycles. The number of nitrogens with one attached hydrogen (secondary N) is 2. The van der Waals surface area contributed by atoms with Crippen molar-refractivity contribution in [1.82, 2.24) is 0 Å². The van der Waals surface area contributed by atoms with Gasteiger partial charge in [-0.15, -0.1) is 0 Å². The van der Waals surface area contributed by atoms with Gasteiger partial charge in [0.05, 0.1) is 32.5 Å². The largest absolute Gasteiger partial charge is 0.320 e. The molecule has 2 amide bonds. The molecule has 6 heteroatoms. The summed E-state index contributed by atoms with van der Waals surface area (Å²) in [4.78, 5) is 24.5. The van der Waals surface area contributed by atoms with Gasteiger partial charge >= 0.3 is 0 Å². The quantitative estimate of drug-likeness (QED) is 0.777. The van der Waals surface area contributed by atoms with Crippen LogP contribution in [0.4, 0.5) is 11.4 Å². The van der Waals surface area contributed by atoms with E-state index in [4.69, 9.17) is 23.2 Å². The normalized spacial score (nSPS) is 13.5. The first-order valence-corrected chi connectivity index (χ1v) is 6.53. The van der Waals surface area contributed by atoms with Crippen molar-refractivity contribution in [1.29, 1.82) is 0 Å². The van der Waals surface area contributed by atoms with Gasteiger partial charge < -0.3 is 10.6 Å². The fourth-order valence-electron chi connectivity index (χ4n) is 2.04. The van der Waals surface area contributed by atoms with Crippen LogP contribution in [0.1, 0.15) is 20.7 Å². The van der Waals surface area contributed by atoms with Crippen molar-refractivity contribution in [3.8, 4) is 0 Å². The van der Waals surface area contributed by atoms with Gasteiger partial charge in [-0.1, -0.05) is 35.3 Å². The standard InChI is InChI=1S/C14H8Cl2N2O2/c15-9-5-1-3-7-11(9)17-14(20)8-4-2-6-10(16)12(8)18-13(7)19/h1-6H,(H,17,20)(H,18,19). The molecule has 2 N–H and O–H groups in total. The lowest BCUT2D eigenvalue weighted by Crippen LogP contribution is -2.24. The van der Waals surface area contributed by atoms with Crippen molar-refractivity contribution in [3.05, 3.63) is 57.6 Å². The minimum absolute atomic E-state index is 0.288. The summed E-state index contributed by atoms with van der Waals surface area (Å²) in [5, 5.41) is 5.91. The molecule has 3 rings (SSSR count). The minimum atomic E-state index is -0.378. The minimum Gasteiger partial charge on any atom is -0.320 e. The summed E-state index contributed by atoms with van der Waals surface area (Å²) in [5.41, 5.74) is 1.16. The number of carbonyl (C=O) groups excluding carboxylic acids is 2. The molecule has 4 nitrogen and oxygen atoms in total. The smallest absolute Gasteiger partial charge is 0.257 e. The number of hydrogen-bond donors (Lipinski definition) is 2. The molecule has 20 heavy (non-hydrogen) atoms. The Bertz CT molecular complexity index is 680. The highest BCUT2D eigenvalue weighted by Gasteiger charge is 2.24. The van der Waals surface area contributed by atoms with Gasteiger partial charge in [0, 0.05) is 0 Å². The molecule has 0 saturated heterocycles. The van der Waals surface area contributed by atoms with E-state index >= 15 is 0 Å². The van der Waals surface area contributed by atoms with Crippen molar-refractivity contribution in [2.45, 2.75) is 0 Å². The Morgan fingerprint density at radius 3 is 1.50 bits per heavy atom. The number of halogens is 2. The predicted octanol–water partition coefficient (Wildman–Crippen LogP) is 3.81. The van der Waals surface area contributed by atoms with Gasteiger partial charge in [0.15, 0.2) is 0 Å². The zero-order valence-corrected chi connectivity index (χ0v) is 11.5. The molecule has 0 atom stereocenters. The molecule has 0 fully saturated rings. The summed E-state index contributed by atoms with van der Waals surface area (Å²) in [7, 11) is 0. The second-order valence-electron chi connectivity index (χ2n) is 4.23. The van der Waals surface area contributed by atoms with E-state index in [1.807, 2.05) is 0 Å². The van der Waals surface area contributed by atoms with Crippen LogP contribution in [-0.2, 0) is 0 Å². The van der Waals surface area contributed by atoms with E-state index in [0.717, 1.165) is 0 Å². The maximum Gasteiger partial charge on any atom is 0.257 e. The molecule has 0 spiro atoms. The Hall–Kier alpha value is -2.04. The molecule has 2 aromatic rings. The number of benzene rings is 2. The van der Waals surface area contributed by atoms with Gasteiger partial charge in [0.25, 0.3) is 11.8 Å². The summed E-state index contributed by atoms with van der Waals surface area (Å²) in [6.07, 6.45) is 0. The van der Waals surface area contributed by atoms with Crippen LogP contribution in [0.2, 0.25) is 10.0 Å². The second-order valence-corrected chi connectivity index (χ2v) is 5.05. The van der Waals surface area contributed by atoms with Crippen molar-refractivity contribution in [3.63, 3.8) is 0 Å². The first-order valence-electron chi connectivity index (χ1n) is 5.77. The highest BCUT2D eigenvalue weighted by Crippen LogP contribution is 2.33. The fraction of sp³-hybridized carbons (Fsp3) is 0. The Balaban J connectivity index is 2.21. The number of hydrogen-bond acceptors (Lipinski definition) is 2. The van der Waals surface area contributed by atoms with E-state index in [1.54, 1.807) is 36.4 Å². The molecule has 2 aromatic carbocycles. The lowest BCUT2D eigenvalue weighted by molar-refractivity contribution is 0.102. The van der Waals surface area contributed by atoms with Gasteiger partial charge in [0.2, 0.25) is 0 Å². The number of fused-ring (bicyclic) bond motifs is 2. The van der Waals surface area contributed by atoms with E-state index in [2.05, 4.69) is 10.6 Å². The van der Waals surface area contributed by atoms with Crippen molar-refractivity contribution in [2.75, 3.05) is 10.6 Å². The van der Waals surface area contributed by atoms with Gasteiger partial charge in [0.1, 0.15) is 0 Å². The van der Waals surface area contributed by atoms with Crippen LogP contribution < -0.4 is 10.6 Å². The average Bonchev–Trinajstić information content (AvgIpc) is 2.41. The predicted molar refractivity (Wildman–Crippen MR) is 78.8 cm³/mol. The Labute approximate surface area is 124 Å². The summed E-state index contributed by atoms with van der Waals surface area (Å²) >= 11 is 12.1. The number of anilines is 2. The van der Waals surface area contributed by atoms with E-state index in [1.165, 1.54) is 0 Å². The molecule has 0 radical (unpaired) electrons. The fourth-order valence-corrected chi connectivity index (χ4v) is 2.49. The summed E-state index contributed by atoms with van der Waals surface area (Å²) < 4.78 is 0. The Kier molecular flexibility index (Phi) is 3.12. The van der Waals surface area contributed by atoms with Crippen LogP contribution in [0.3, 0.4) is 0 Å². The lowest BCUT2D eigenvalue weighted by Gasteiger charge is -2.19. The van der Waals surface area contributed by atoms with Crippen molar-refractivity contribution >= 4 is 46.4 Å². The maximum atomic E-state index is 12.3. The summed E-state index contributed by atoms with van der Waals surface area (Å²) in [5.74, 6) is -0.756. The van der Waals surface area contributed by atoms with Crippen LogP contribution in [0, 0.1) is 0 Å². The topological polar surface area (TPSA) is 58.2 Å². The van der Waals surface area contributed by atoms with Crippen molar-refractivity contribution in [2.24, 2.45) is 0 Å². The van der Waals surface area contributed by atoms with Gasteiger partial charge in [-0.05, 0) is 24.3 Å². The molecule has 0 saturated carbocycles. The molecular formula is C14H8Cl2N2O2. The van der Waals surface area contributed by atoms with E-state index in [0.29, 0.717) is 21.4 Å². The second kappa shape index (κ2) is 4.81. The molecule has 0 unspecified atom stereocenters. The van der Waals surface area contributed by atoms with Gasteiger partial charge in [-0.2, -0.15) is 0 Å². The van der Waals surface area contributed by atoms with Crippen LogP contribution >= 0.6 is 23.2 Å². The zero-order valence-electron chi connectivity index (χ0n) is 10.0. The monoisotopic (exact) mass is 306 g/mol. The molecule has 1 aliphatic rings. The highest BCUT2D eigenvalue weighted by atomic mass is 35.5. The van der Waals surface area contributed by atoms with E-state index < -0.39 is 0 Å². The molecule has 1 aliphatic heterocycles. The third-order valence-electron chi connectivity index (χ3n) is 2.99. The number of para-hydroxylation sites is 2. The molecular weight excluding hydrogens is 299 g/mol. The Morgan fingerprint density at radius 2 is 1.10 bits per heavy atom. The van der Waals surface area contributed by atoms with Crippen LogP contribution in [-0.4, -0.2) is 11.8 Å². The third kappa shape index (κ3) is 2.03. The van der Waals surface area contributed by atoms with Crippen molar-refractivity contribution < 1.29 is 9.59 Å². The SMILES string of the molecule is O=C1Nc2c(Cl)cccc2C(=O)Nc2c(Cl)cccc21. The molecule has 0 bridgehead atoms. The van der Waals surface area contributed by atoms with E-state index in [9.17, 15) is 9.59 Å². The third-order valence-corrected chi connectivity index (χ3v) is 3.62. The molecule has 1 heterocycles. The van der Waals surface area contributed by atoms with Crippen LogP contribution in [0.15, 0.2) is 36.4 Å². The molecule has 0 aliphatic carbocycles. The number of carbonyl (C=O) groups is 2. The average molecular weight is 307 g/mol. The van der Waals surface area contributed by atoms with Gasteiger partial charge in [-0.3, -0.25) is 9.59 Å². The van der Waals surface area contributed by atoms with E-state index in [-0.39, 0.29) is 22.9 Å². The van der Waals surface area contributed by atoms with Crippen LogP contribution in [0.5, 0.6) is 0 Å².